The van der Waals surface area contributed by atoms with Gasteiger partial charge in [0.25, 0.3) is 0 Å². The van der Waals surface area contributed by atoms with Gasteiger partial charge in [-0.25, -0.2) is 0 Å². The number of piperazine rings is 1. The van der Waals surface area contributed by atoms with Crippen molar-refractivity contribution in [3.63, 3.8) is 0 Å². The van der Waals surface area contributed by atoms with Crippen LogP contribution in [0, 0.1) is 0 Å². The highest BCUT2D eigenvalue weighted by molar-refractivity contribution is 5.76. The summed E-state index contributed by atoms with van der Waals surface area (Å²) in [6.07, 6.45) is 4.44. The van der Waals surface area contributed by atoms with E-state index in [9.17, 15) is 4.79 Å². The fraction of sp³-hybridized carbons (Fsp3) is 0.444. The van der Waals surface area contributed by atoms with Crippen molar-refractivity contribution in [1.29, 1.82) is 0 Å². The van der Waals surface area contributed by atoms with Crippen LogP contribution in [0.25, 0.3) is 11.4 Å². The Morgan fingerprint density at radius 3 is 2.50 bits per heavy atom. The van der Waals surface area contributed by atoms with E-state index in [0.29, 0.717) is 6.42 Å². The molecule has 0 spiro atoms. The standard InChI is InChI=1S/C18H23N5O/c1-2-3-7-18(24)23-13-11-22(12-14-23)17-9-8-16(20-21-17)15-6-4-5-10-19-15/h4-6,8-10H,2-3,7,11-14H2,1H3. The molecule has 2 aromatic heterocycles. The van der Waals surface area contributed by atoms with Crippen LogP contribution in [0.1, 0.15) is 26.2 Å². The van der Waals surface area contributed by atoms with E-state index < -0.39 is 0 Å². The Bertz CT molecular complexity index is 651. The Balaban J connectivity index is 1.58. The molecule has 0 unspecified atom stereocenters. The molecule has 24 heavy (non-hydrogen) atoms. The van der Waals surface area contributed by atoms with Crippen LogP contribution in [0.3, 0.4) is 0 Å². The highest BCUT2D eigenvalue weighted by Crippen LogP contribution is 2.17. The fourth-order valence-corrected chi connectivity index (χ4v) is 2.82. The van der Waals surface area contributed by atoms with Crippen molar-refractivity contribution < 1.29 is 4.79 Å². The van der Waals surface area contributed by atoms with Crippen molar-refractivity contribution in [3.05, 3.63) is 36.5 Å². The Kier molecular flexibility index (Phi) is 5.36. The van der Waals surface area contributed by atoms with Crippen LogP contribution < -0.4 is 4.90 Å². The summed E-state index contributed by atoms with van der Waals surface area (Å²) in [6, 6.07) is 9.67. The van der Waals surface area contributed by atoms with Gasteiger partial charge in [0, 0.05) is 38.8 Å². The lowest BCUT2D eigenvalue weighted by Crippen LogP contribution is -2.49. The molecule has 0 atom stereocenters. The summed E-state index contributed by atoms with van der Waals surface area (Å²) < 4.78 is 0. The first-order chi connectivity index (χ1) is 11.8. The van der Waals surface area contributed by atoms with Crippen molar-refractivity contribution in [2.24, 2.45) is 0 Å². The van der Waals surface area contributed by atoms with Gasteiger partial charge < -0.3 is 9.80 Å². The molecule has 0 N–H and O–H groups in total. The van der Waals surface area contributed by atoms with Crippen molar-refractivity contribution in [2.45, 2.75) is 26.2 Å². The van der Waals surface area contributed by atoms with E-state index in [1.54, 1.807) is 6.20 Å². The maximum atomic E-state index is 12.1. The minimum absolute atomic E-state index is 0.271. The van der Waals surface area contributed by atoms with Crippen molar-refractivity contribution >= 4 is 11.7 Å². The molecule has 0 aliphatic carbocycles. The number of unbranched alkanes of at least 4 members (excludes halogenated alkanes) is 1. The third-order valence-corrected chi connectivity index (χ3v) is 4.28. The monoisotopic (exact) mass is 325 g/mol. The smallest absolute Gasteiger partial charge is 0.222 e. The third kappa shape index (κ3) is 3.88. The van der Waals surface area contributed by atoms with Gasteiger partial charge in [-0.15, -0.1) is 10.2 Å². The molecule has 3 heterocycles. The van der Waals surface area contributed by atoms with E-state index in [2.05, 4.69) is 27.0 Å². The maximum Gasteiger partial charge on any atom is 0.222 e. The molecule has 2 aromatic rings. The number of nitrogens with zero attached hydrogens (tertiary/aromatic N) is 5. The van der Waals surface area contributed by atoms with Gasteiger partial charge in [-0.3, -0.25) is 9.78 Å². The van der Waals surface area contributed by atoms with E-state index in [1.165, 1.54) is 0 Å². The van der Waals surface area contributed by atoms with E-state index in [4.69, 9.17) is 0 Å². The van der Waals surface area contributed by atoms with Crippen molar-refractivity contribution in [3.8, 4) is 11.4 Å². The van der Waals surface area contributed by atoms with Gasteiger partial charge in [-0.1, -0.05) is 19.4 Å². The van der Waals surface area contributed by atoms with Gasteiger partial charge >= 0.3 is 0 Å². The van der Waals surface area contributed by atoms with E-state index in [0.717, 1.165) is 56.2 Å². The summed E-state index contributed by atoms with van der Waals surface area (Å²) >= 11 is 0. The molecule has 0 bridgehead atoms. The predicted octanol–water partition coefficient (Wildman–Crippen LogP) is 2.38. The lowest BCUT2D eigenvalue weighted by molar-refractivity contribution is -0.131. The molecule has 6 heteroatoms. The quantitative estimate of drug-likeness (QED) is 0.844. The maximum absolute atomic E-state index is 12.1. The second-order valence-corrected chi connectivity index (χ2v) is 5.96. The lowest BCUT2D eigenvalue weighted by atomic mass is 10.2. The molecule has 6 nitrogen and oxygen atoms in total. The molecule has 1 fully saturated rings. The summed E-state index contributed by atoms with van der Waals surface area (Å²) in [4.78, 5) is 20.5. The minimum atomic E-state index is 0.271. The molecule has 1 aliphatic heterocycles. The Labute approximate surface area is 142 Å². The molecule has 1 amide bonds. The number of carbonyl (C=O) groups excluding carboxylic acids is 1. The second-order valence-electron chi connectivity index (χ2n) is 5.96. The SMILES string of the molecule is CCCCC(=O)N1CCN(c2ccc(-c3ccccn3)nn2)CC1. The van der Waals surface area contributed by atoms with E-state index in [1.807, 2.05) is 35.2 Å². The number of hydrogen-bond donors (Lipinski definition) is 0. The lowest BCUT2D eigenvalue weighted by Gasteiger charge is -2.35. The first kappa shape index (κ1) is 16.4. The van der Waals surface area contributed by atoms with E-state index >= 15 is 0 Å². The topological polar surface area (TPSA) is 62.2 Å². The average Bonchev–Trinajstić information content (AvgIpc) is 2.67. The summed E-state index contributed by atoms with van der Waals surface area (Å²) in [7, 11) is 0. The first-order valence-corrected chi connectivity index (χ1v) is 8.56. The number of amides is 1. The summed E-state index contributed by atoms with van der Waals surface area (Å²) in [5.41, 5.74) is 1.59. The zero-order chi connectivity index (χ0) is 16.8. The molecule has 1 saturated heterocycles. The van der Waals surface area contributed by atoms with E-state index in [-0.39, 0.29) is 5.91 Å². The van der Waals surface area contributed by atoms with Crippen LogP contribution in [0.2, 0.25) is 0 Å². The summed E-state index contributed by atoms with van der Waals surface area (Å²) in [5, 5.41) is 8.61. The van der Waals surface area contributed by atoms with Gasteiger partial charge in [0.15, 0.2) is 5.82 Å². The van der Waals surface area contributed by atoms with Crippen LogP contribution in [0.4, 0.5) is 5.82 Å². The highest BCUT2D eigenvalue weighted by Gasteiger charge is 2.21. The fourth-order valence-electron chi connectivity index (χ4n) is 2.82. The van der Waals surface area contributed by atoms with Crippen LogP contribution >= 0.6 is 0 Å². The van der Waals surface area contributed by atoms with Gasteiger partial charge in [0.05, 0.1) is 5.69 Å². The molecule has 0 aromatic carbocycles. The van der Waals surface area contributed by atoms with Crippen LogP contribution in [0.5, 0.6) is 0 Å². The van der Waals surface area contributed by atoms with Crippen LogP contribution in [-0.2, 0) is 4.79 Å². The number of hydrogen-bond acceptors (Lipinski definition) is 5. The molecular formula is C18H23N5O. The minimum Gasteiger partial charge on any atom is -0.352 e. The van der Waals surface area contributed by atoms with Gasteiger partial charge in [-0.2, -0.15) is 0 Å². The largest absolute Gasteiger partial charge is 0.352 e. The number of carbonyl (C=O) groups is 1. The molecule has 126 valence electrons. The second kappa shape index (κ2) is 7.86. The van der Waals surface area contributed by atoms with Gasteiger partial charge in [-0.05, 0) is 30.7 Å². The number of rotatable bonds is 5. The van der Waals surface area contributed by atoms with Gasteiger partial charge in [0.2, 0.25) is 5.91 Å². The first-order valence-electron chi connectivity index (χ1n) is 8.56. The normalized spacial score (nSPS) is 14.7. The molecule has 0 saturated carbocycles. The summed E-state index contributed by atoms with van der Waals surface area (Å²) in [6.45, 7) is 5.22. The highest BCUT2D eigenvalue weighted by atomic mass is 16.2. The van der Waals surface area contributed by atoms with Gasteiger partial charge in [0.1, 0.15) is 5.69 Å². The zero-order valence-corrected chi connectivity index (χ0v) is 14.1. The Hall–Kier alpha value is -2.50. The third-order valence-electron chi connectivity index (χ3n) is 4.28. The zero-order valence-electron chi connectivity index (χ0n) is 14.1. The predicted molar refractivity (Wildman–Crippen MR) is 93.6 cm³/mol. The Morgan fingerprint density at radius 1 is 1.04 bits per heavy atom. The van der Waals surface area contributed by atoms with Crippen molar-refractivity contribution in [1.82, 2.24) is 20.1 Å². The van der Waals surface area contributed by atoms with Crippen molar-refractivity contribution in [2.75, 3.05) is 31.1 Å². The number of aromatic nitrogens is 3. The Morgan fingerprint density at radius 2 is 1.88 bits per heavy atom. The molecule has 3 rings (SSSR count). The average molecular weight is 325 g/mol. The molecular weight excluding hydrogens is 302 g/mol. The number of anilines is 1. The molecule has 1 aliphatic rings. The number of pyridine rings is 1. The van der Waals surface area contributed by atoms with Crippen LogP contribution in [-0.4, -0.2) is 52.2 Å². The van der Waals surface area contributed by atoms with Crippen LogP contribution in [0.15, 0.2) is 36.5 Å². The summed E-state index contributed by atoms with van der Waals surface area (Å²) in [5.74, 6) is 1.13. The molecule has 0 radical (unpaired) electrons.